The van der Waals surface area contributed by atoms with E-state index < -0.39 is 23.0 Å². The Morgan fingerprint density at radius 2 is 1.56 bits per heavy atom. The van der Waals surface area contributed by atoms with Gasteiger partial charge in [-0.2, -0.15) is 0 Å². The lowest BCUT2D eigenvalue weighted by atomic mass is 9.49. The molecule has 0 N–H and O–H groups in total. The van der Waals surface area contributed by atoms with Gasteiger partial charge >= 0.3 is 5.97 Å². The predicted octanol–water partition coefficient (Wildman–Crippen LogP) is 3.06. The average molecular weight is 347 g/mol. The summed E-state index contributed by atoms with van der Waals surface area (Å²) in [5.41, 5.74) is -1.01. The van der Waals surface area contributed by atoms with Crippen molar-refractivity contribution in [2.45, 2.75) is 83.8 Å². The maximum atomic E-state index is 13.5. The zero-order chi connectivity index (χ0) is 18.0. The van der Waals surface area contributed by atoms with Crippen LogP contribution in [0, 0.1) is 23.2 Å². The number of rotatable bonds is 2. The number of hydrogen-bond donors (Lipinski definition) is 0. The molecule has 138 valence electrons. The highest BCUT2D eigenvalue weighted by molar-refractivity contribution is 6.04. The van der Waals surface area contributed by atoms with E-state index in [2.05, 4.69) is 0 Å². The summed E-state index contributed by atoms with van der Waals surface area (Å²) in [6.07, 6.45) is 7.11. The van der Waals surface area contributed by atoms with E-state index in [-0.39, 0.29) is 18.2 Å². The van der Waals surface area contributed by atoms with Crippen molar-refractivity contribution in [3.05, 3.63) is 0 Å². The van der Waals surface area contributed by atoms with Crippen LogP contribution in [0.2, 0.25) is 0 Å². The summed E-state index contributed by atoms with van der Waals surface area (Å²) in [4.78, 5) is 39.8. The number of carbonyl (C=O) groups excluding carboxylic acids is 3. The molecule has 1 heterocycles. The van der Waals surface area contributed by atoms with Gasteiger partial charge in [-0.3, -0.25) is 14.5 Å². The molecule has 25 heavy (non-hydrogen) atoms. The van der Waals surface area contributed by atoms with Crippen molar-refractivity contribution in [1.29, 1.82) is 0 Å². The molecule has 0 aromatic heterocycles. The number of carbonyl (C=O) groups is 3. The number of esters is 1. The van der Waals surface area contributed by atoms with E-state index in [1.54, 1.807) is 0 Å². The highest BCUT2D eigenvalue weighted by atomic mass is 16.6. The Labute approximate surface area is 149 Å². The normalized spacial score (nSPS) is 39.8. The molecule has 5 nitrogen and oxygen atoms in total. The SMILES string of the molecule is CC(C)(C)OC(=O)C1CCC(=O)N1C(=O)C12CC3CC(CC(C3)C1)C2. The van der Waals surface area contributed by atoms with Gasteiger partial charge in [-0.05, 0) is 83.5 Å². The van der Waals surface area contributed by atoms with Crippen molar-refractivity contribution in [2.75, 3.05) is 0 Å². The zero-order valence-electron chi connectivity index (χ0n) is 15.5. The van der Waals surface area contributed by atoms with Gasteiger partial charge in [0.25, 0.3) is 0 Å². The van der Waals surface area contributed by atoms with Crippen LogP contribution in [0.1, 0.15) is 72.1 Å². The average Bonchev–Trinajstić information content (AvgIpc) is 2.85. The van der Waals surface area contributed by atoms with Crippen LogP contribution < -0.4 is 0 Å². The minimum absolute atomic E-state index is 0.0787. The minimum Gasteiger partial charge on any atom is -0.458 e. The lowest BCUT2D eigenvalue weighted by Crippen LogP contribution is -2.57. The first kappa shape index (κ1) is 17.0. The van der Waals surface area contributed by atoms with Gasteiger partial charge in [0.05, 0.1) is 5.41 Å². The molecule has 1 unspecified atom stereocenters. The molecule has 4 bridgehead atoms. The molecule has 1 atom stereocenters. The van der Waals surface area contributed by atoms with Gasteiger partial charge < -0.3 is 4.74 Å². The number of ether oxygens (including phenoxy) is 1. The van der Waals surface area contributed by atoms with Crippen LogP contribution in [0.3, 0.4) is 0 Å². The number of hydrogen-bond acceptors (Lipinski definition) is 4. The Bertz CT molecular complexity index is 582. The van der Waals surface area contributed by atoms with Crippen molar-refractivity contribution in [1.82, 2.24) is 4.90 Å². The highest BCUT2D eigenvalue weighted by Crippen LogP contribution is 2.60. The summed E-state index contributed by atoms with van der Waals surface area (Å²) in [6, 6.07) is -0.729. The molecule has 0 spiro atoms. The molecule has 4 aliphatic carbocycles. The predicted molar refractivity (Wildman–Crippen MR) is 91.3 cm³/mol. The summed E-state index contributed by atoms with van der Waals surface area (Å²) in [5, 5.41) is 0. The minimum atomic E-state index is -0.729. The molecular weight excluding hydrogens is 318 g/mol. The third-order valence-corrected chi connectivity index (χ3v) is 6.60. The molecule has 5 aliphatic rings. The summed E-state index contributed by atoms with van der Waals surface area (Å²) < 4.78 is 5.48. The van der Waals surface area contributed by atoms with Crippen LogP contribution in [-0.4, -0.2) is 34.3 Å². The molecule has 0 aromatic rings. The van der Waals surface area contributed by atoms with Crippen LogP contribution in [0.25, 0.3) is 0 Å². The fourth-order valence-corrected chi connectivity index (χ4v) is 6.16. The maximum absolute atomic E-state index is 13.5. The largest absolute Gasteiger partial charge is 0.458 e. The molecule has 1 saturated heterocycles. The van der Waals surface area contributed by atoms with Gasteiger partial charge in [0, 0.05) is 6.42 Å². The molecule has 1 aliphatic heterocycles. The Morgan fingerprint density at radius 1 is 1.04 bits per heavy atom. The molecule has 4 saturated carbocycles. The first-order valence-electron chi connectivity index (χ1n) is 9.76. The highest BCUT2D eigenvalue weighted by Gasteiger charge is 2.58. The molecular formula is C20H29NO4. The van der Waals surface area contributed by atoms with Crippen molar-refractivity contribution < 1.29 is 19.1 Å². The first-order chi connectivity index (χ1) is 11.7. The lowest BCUT2D eigenvalue weighted by Gasteiger charge is -2.56. The molecule has 2 amide bonds. The fraction of sp³-hybridized carbons (Fsp3) is 0.850. The number of nitrogens with zero attached hydrogens (tertiary/aromatic N) is 1. The molecule has 0 radical (unpaired) electrons. The molecule has 5 rings (SSSR count). The summed E-state index contributed by atoms with van der Waals surface area (Å²) in [5.74, 6) is 1.19. The molecule has 0 aromatic carbocycles. The van der Waals surface area contributed by atoms with E-state index in [1.165, 1.54) is 24.2 Å². The van der Waals surface area contributed by atoms with Gasteiger partial charge in [0.2, 0.25) is 11.8 Å². The second-order valence-electron chi connectivity index (χ2n) is 9.85. The van der Waals surface area contributed by atoms with Crippen LogP contribution in [0.4, 0.5) is 0 Å². The van der Waals surface area contributed by atoms with E-state index in [1.807, 2.05) is 20.8 Å². The van der Waals surface area contributed by atoms with E-state index in [0.29, 0.717) is 24.2 Å². The molecule has 5 heteroatoms. The van der Waals surface area contributed by atoms with Crippen molar-refractivity contribution in [2.24, 2.45) is 23.2 Å². The van der Waals surface area contributed by atoms with E-state index in [9.17, 15) is 14.4 Å². The summed E-state index contributed by atoms with van der Waals surface area (Å²) >= 11 is 0. The Hall–Kier alpha value is -1.39. The Kier molecular flexibility index (Phi) is 3.79. The van der Waals surface area contributed by atoms with E-state index in [0.717, 1.165) is 19.3 Å². The fourth-order valence-electron chi connectivity index (χ4n) is 6.16. The molecule has 5 fully saturated rings. The van der Waals surface area contributed by atoms with Crippen molar-refractivity contribution in [3.63, 3.8) is 0 Å². The second kappa shape index (κ2) is 5.55. The monoisotopic (exact) mass is 347 g/mol. The maximum Gasteiger partial charge on any atom is 0.329 e. The van der Waals surface area contributed by atoms with E-state index in [4.69, 9.17) is 4.74 Å². The number of imide groups is 1. The third kappa shape index (κ3) is 2.89. The number of likely N-dealkylation sites (tertiary alicyclic amines) is 1. The smallest absolute Gasteiger partial charge is 0.329 e. The van der Waals surface area contributed by atoms with Crippen LogP contribution >= 0.6 is 0 Å². The van der Waals surface area contributed by atoms with E-state index >= 15 is 0 Å². The standard InChI is InChI=1S/C20H29NO4/c1-19(2,3)25-17(23)15-4-5-16(22)21(15)18(24)20-9-12-6-13(10-20)8-14(7-12)11-20/h12-15H,4-11H2,1-3H3. The van der Waals surface area contributed by atoms with Crippen molar-refractivity contribution in [3.8, 4) is 0 Å². The van der Waals surface area contributed by atoms with Gasteiger partial charge in [-0.25, -0.2) is 4.79 Å². The van der Waals surface area contributed by atoms with Gasteiger partial charge in [-0.1, -0.05) is 0 Å². The topological polar surface area (TPSA) is 63.7 Å². The van der Waals surface area contributed by atoms with Crippen molar-refractivity contribution >= 4 is 17.8 Å². The quantitative estimate of drug-likeness (QED) is 0.569. The van der Waals surface area contributed by atoms with Gasteiger partial charge in [0.15, 0.2) is 0 Å². The Balaban J connectivity index is 1.57. The zero-order valence-corrected chi connectivity index (χ0v) is 15.5. The summed E-state index contributed by atoms with van der Waals surface area (Å²) in [6.45, 7) is 5.44. The van der Waals surface area contributed by atoms with Crippen LogP contribution in [0.5, 0.6) is 0 Å². The van der Waals surface area contributed by atoms with Gasteiger partial charge in [-0.15, -0.1) is 0 Å². The third-order valence-electron chi connectivity index (χ3n) is 6.60. The Morgan fingerprint density at radius 3 is 2.04 bits per heavy atom. The summed E-state index contributed by atoms with van der Waals surface area (Å²) in [7, 11) is 0. The number of amides is 2. The van der Waals surface area contributed by atoms with Gasteiger partial charge in [0.1, 0.15) is 11.6 Å². The van der Waals surface area contributed by atoms with Crippen LogP contribution in [0.15, 0.2) is 0 Å². The lowest BCUT2D eigenvalue weighted by molar-refractivity contribution is -0.173. The van der Waals surface area contributed by atoms with Crippen LogP contribution in [-0.2, 0) is 19.1 Å². The second-order valence-corrected chi connectivity index (χ2v) is 9.85. The first-order valence-corrected chi connectivity index (χ1v) is 9.76.